The highest BCUT2D eigenvalue weighted by Crippen LogP contribution is 2.18. The van der Waals surface area contributed by atoms with Gasteiger partial charge in [-0.2, -0.15) is 4.31 Å². The molecule has 2 aliphatic rings. The van der Waals surface area contributed by atoms with Gasteiger partial charge in [0.1, 0.15) is 10.6 Å². The Morgan fingerprint density at radius 3 is 2.54 bits per heavy atom. The topological polar surface area (TPSA) is 112 Å². The van der Waals surface area contributed by atoms with Crippen LogP contribution in [-0.2, 0) is 19.6 Å². The van der Waals surface area contributed by atoms with Gasteiger partial charge >= 0.3 is 0 Å². The Hall–Kier alpha value is -1.91. The molecule has 2 fully saturated rings. The van der Waals surface area contributed by atoms with Gasteiger partial charge in [-0.3, -0.25) is 9.59 Å². The number of hydrogen-bond donors (Lipinski definition) is 2. The number of aromatic nitrogens is 1. The van der Waals surface area contributed by atoms with Crippen molar-refractivity contribution in [1.82, 2.24) is 19.5 Å². The number of hydrogen-bond acceptors (Lipinski definition) is 5. The average molecular weight is 384 g/mol. The molecule has 3 rings (SSSR count). The molecule has 2 amide bonds. The molecule has 26 heavy (non-hydrogen) atoms. The molecule has 10 heteroatoms. The van der Waals surface area contributed by atoms with Crippen molar-refractivity contribution >= 4 is 21.8 Å². The van der Waals surface area contributed by atoms with Crippen LogP contribution in [0.15, 0.2) is 17.2 Å². The van der Waals surface area contributed by atoms with E-state index in [4.69, 9.17) is 4.74 Å². The van der Waals surface area contributed by atoms with E-state index in [0.29, 0.717) is 26.3 Å². The summed E-state index contributed by atoms with van der Waals surface area (Å²) in [7, 11) is -3.64. The second-order valence-corrected chi connectivity index (χ2v) is 8.30. The second kappa shape index (κ2) is 8.19. The Labute approximate surface area is 152 Å². The zero-order chi connectivity index (χ0) is 18.6. The normalized spacial score (nSPS) is 18.8. The fourth-order valence-electron chi connectivity index (χ4n) is 3.09. The number of nitrogens with one attached hydrogen (secondary N) is 2. The number of likely N-dealkylation sites (tertiary alicyclic amines) is 1. The summed E-state index contributed by atoms with van der Waals surface area (Å²) in [5.41, 5.74) is 0.158. The lowest BCUT2D eigenvalue weighted by Crippen LogP contribution is -2.40. The molecule has 0 aliphatic carbocycles. The van der Waals surface area contributed by atoms with Gasteiger partial charge < -0.3 is 19.9 Å². The van der Waals surface area contributed by atoms with Crippen molar-refractivity contribution in [3.05, 3.63) is 18.0 Å². The zero-order valence-corrected chi connectivity index (χ0v) is 15.4. The highest BCUT2D eigenvalue weighted by atomic mass is 32.2. The van der Waals surface area contributed by atoms with E-state index in [1.165, 1.54) is 16.6 Å². The first-order valence-electron chi connectivity index (χ1n) is 8.81. The Morgan fingerprint density at radius 2 is 1.85 bits per heavy atom. The van der Waals surface area contributed by atoms with Crippen LogP contribution in [0.5, 0.6) is 0 Å². The standard InChI is InChI=1S/C16H24N4O5S/c21-15(19-5-1-2-6-19)3-4-17-16(22)14-11-13(12-18-14)26(23,24)20-7-9-25-10-8-20/h11-12,18H,1-10H2,(H,17,22). The van der Waals surface area contributed by atoms with Crippen molar-refractivity contribution in [2.75, 3.05) is 45.9 Å². The molecule has 2 N–H and O–H groups in total. The number of H-pyrrole nitrogens is 1. The third-order valence-electron chi connectivity index (χ3n) is 4.59. The molecule has 0 radical (unpaired) electrons. The molecule has 2 aliphatic heterocycles. The van der Waals surface area contributed by atoms with E-state index < -0.39 is 15.9 Å². The third-order valence-corrected chi connectivity index (χ3v) is 6.47. The third kappa shape index (κ3) is 4.25. The number of amides is 2. The molecule has 0 atom stereocenters. The van der Waals surface area contributed by atoms with Crippen LogP contribution in [-0.4, -0.2) is 80.4 Å². The van der Waals surface area contributed by atoms with Crippen molar-refractivity contribution in [2.24, 2.45) is 0 Å². The van der Waals surface area contributed by atoms with Crippen LogP contribution in [0.25, 0.3) is 0 Å². The highest BCUT2D eigenvalue weighted by Gasteiger charge is 2.28. The van der Waals surface area contributed by atoms with Gasteiger partial charge in [0.25, 0.3) is 5.91 Å². The molecule has 0 aromatic carbocycles. The van der Waals surface area contributed by atoms with Crippen LogP contribution < -0.4 is 5.32 Å². The number of carbonyl (C=O) groups excluding carboxylic acids is 2. The van der Waals surface area contributed by atoms with Gasteiger partial charge in [-0.1, -0.05) is 0 Å². The van der Waals surface area contributed by atoms with E-state index in [0.717, 1.165) is 25.9 Å². The van der Waals surface area contributed by atoms with E-state index in [2.05, 4.69) is 10.3 Å². The molecule has 0 unspecified atom stereocenters. The van der Waals surface area contributed by atoms with Crippen LogP contribution in [0.1, 0.15) is 29.8 Å². The number of aromatic amines is 1. The predicted octanol–water partition coefficient (Wildman–Crippen LogP) is -0.222. The summed E-state index contributed by atoms with van der Waals surface area (Å²) >= 11 is 0. The summed E-state index contributed by atoms with van der Waals surface area (Å²) in [4.78, 5) is 28.7. The number of ether oxygens (including phenoxy) is 1. The zero-order valence-electron chi connectivity index (χ0n) is 14.6. The number of nitrogens with zero attached hydrogens (tertiary/aromatic N) is 2. The Kier molecular flexibility index (Phi) is 5.94. The van der Waals surface area contributed by atoms with Crippen molar-refractivity contribution in [3.63, 3.8) is 0 Å². The van der Waals surface area contributed by atoms with Crippen LogP contribution in [0.2, 0.25) is 0 Å². The van der Waals surface area contributed by atoms with E-state index >= 15 is 0 Å². The van der Waals surface area contributed by atoms with Crippen LogP contribution in [0.4, 0.5) is 0 Å². The maximum Gasteiger partial charge on any atom is 0.267 e. The molecular formula is C16H24N4O5S. The summed E-state index contributed by atoms with van der Waals surface area (Å²) in [6.45, 7) is 3.11. The van der Waals surface area contributed by atoms with E-state index in [9.17, 15) is 18.0 Å². The van der Waals surface area contributed by atoms with Crippen LogP contribution in [0.3, 0.4) is 0 Å². The van der Waals surface area contributed by atoms with Gasteiger partial charge in [-0.05, 0) is 18.9 Å². The summed E-state index contributed by atoms with van der Waals surface area (Å²) in [6, 6.07) is 1.32. The molecule has 9 nitrogen and oxygen atoms in total. The van der Waals surface area contributed by atoms with Crippen molar-refractivity contribution in [2.45, 2.75) is 24.2 Å². The minimum Gasteiger partial charge on any atom is -0.379 e. The maximum atomic E-state index is 12.5. The summed E-state index contributed by atoms with van der Waals surface area (Å²) in [6.07, 6.45) is 3.61. The summed E-state index contributed by atoms with van der Waals surface area (Å²) < 4.78 is 31.6. The molecule has 0 spiro atoms. The first-order chi connectivity index (χ1) is 12.5. The van der Waals surface area contributed by atoms with Crippen LogP contribution >= 0.6 is 0 Å². The fourth-order valence-corrected chi connectivity index (χ4v) is 4.50. The molecule has 0 bridgehead atoms. The number of sulfonamides is 1. The molecule has 2 saturated heterocycles. The van der Waals surface area contributed by atoms with Gasteiger partial charge in [0.05, 0.1) is 13.2 Å². The fraction of sp³-hybridized carbons (Fsp3) is 0.625. The molecule has 1 aromatic heterocycles. The van der Waals surface area contributed by atoms with Crippen molar-refractivity contribution in [1.29, 1.82) is 0 Å². The highest BCUT2D eigenvalue weighted by molar-refractivity contribution is 7.89. The van der Waals surface area contributed by atoms with Gasteiger partial charge in [0.15, 0.2) is 0 Å². The molecule has 0 saturated carbocycles. The molecule has 1 aromatic rings. The average Bonchev–Trinajstić information content (AvgIpc) is 3.34. The van der Waals surface area contributed by atoms with E-state index in [-0.39, 0.29) is 29.5 Å². The second-order valence-electron chi connectivity index (χ2n) is 6.36. The minimum atomic E-state index is -3.64. The van der Waals surface area contributed by atoms with Gasteiger partial charge in [0.2, 0.25) is 15.9 Å². The molecular weight excluding hydrogens is 360 g/mol. The Balaban J connectivity index is 1.53. The number of rotatable bonds is 6. The van der Waals surface area contributed by atoms with Crippen molar-refractivity contribution < 1.29 is 22.7 Å². The maximum absolute atomic E-state index is 12.5. The van der Waals surface area contributed by atoms with Gasteiger partial charge in [0, 0.05) is 45.3 Å². The largest absolute Gasteiger partial charge is 0.379 e. The lowest BCUT2D eigenvalue weighted by molar-refractivity contribution is -0.129. The smallest absolute Gasteiger partial charge is 0.267 e. The number of morpholine rings is 1. The van der Waals surface area contributed by atoms with Gasteiger partial charge in [-0.15, -0.1) is 0 Å². The summed E-state index contributed by atoms with van der Waals surface area (Å²) in [5.74, 6) is -0.396. The monoisotopic (exact) mass is 384 g/mol. The SMILES string of the molecule is O=C(NCCC(=O)N1CCCC1)c1cc(S(=O)(=O)N2CCOCC2)c[nH]1. The first kappa shape index (κ1) is 18.9. The molecule has 3 heterocycles. The Morgan fingerprint density at radius 1 is 1.15 bits per heavy atom. The van der Waals surface area contributed by atoms with E-state index in [1.54, 1.807) is 4.90 Å². The quantitative estimate of drug-likeness (QED) is 0.704. The predicted molar refractivity (Wildman–Crippen MR) is 93.1 cm³/mol. The number of carbonyl (C=O) groups is 2. The van der Waals surface area contributed by atoms with Crippen LogP contribution in [0, 0.1) is 0 Å². The first-order valence-corrected chi connectivity index (χ1v) is 10.2. The van der Waals surface area contributed by atoms with Gasteiger partial charge in [-0.25, -0.2) is 8.42 Å². The van der Waals surface area contributed by atoms with E-state index in [1.807, 2.05) is 0 Å². The minimum absolute atomic E-state index is 0.0323. The van der Waals surface area contributed by atoms with Crippen molar-refractivity contribution in [3.8, 4) is 0 Å². The summed E-state index contributed by atoms with van der Waals surface area (Å²) in [5, 5.41) is 2.65. The molecule has 144 valence electrons. The lowest BCUT2D eigenvalue weighted by Gasteiger charge is -2.25. The Bertz CT molecular complexity index is 748. The lowest BCUT2D eigenvalue weighted by atomic mass is 10.3.